The lowest BCUT2D eigenvalue weighted by molar-refractivity contribution is -0.394. The largest absolute Gasteiger partial charge is 0.493 e. The summed E-state index contributed by atoms with van der Waals surface area (Å²) in [6.07, 6.45) is 1.25. The molecule has 3 aromatic carbocycles. The highest BCUT2D eigenvalue weighted by atomic mass is 79.9. The summed E-state index contributed by atoms with van der Waals surface area (Å²) in [4.78, 5) is 59.5. The molecule has 0 bridgehead atoms. The second-order valence-electron chi connectivity index (χ2n) is 7.61. The Balaban J connectivity index is 1.66. The van der Waals surface area contributed by atoms with E-state index in [1.165, 1.54) is 43.5 Å². The third-order valence-electron chi connectivity index (χ3n) is 5.26. The van der Waals surface area contributed by atoms with Crippen molar-refractivity contribution in [2.45, 2.75) is 0 Å². The molecule has 4 rings (SSSR count). The normalized spacial score (nSPS) is 14.3. The summed E-state index contributed by atoms with van der Waals surface area (Å²) in [6.45, 7) is 0. The number of imide groups is 2. The summed E-state index contributed by atoms with van der Waals surface area (Å²) in [5.41, 5.74) is -0.871. The molecule has 14 heteroatoms. The smallest absolute Gasteiger partial charge is 0.335 e. The van der Waals surface area contributed by atoms with Crippen molar-refractivity contribution in [3.63, 3.8) is 0 Å². The average molecular weight is 583 g/mol. The minimum absolute atomic E-state index is 0.0256. The first-order valence-corrected chi connectivity index (χ1v) is 11.3. The Bertz CT molecular complexity index is 1540. The number of halogens is 1. The first kappa shape index (κ1) is 26.0. The van der Waals surface area contributed by atoms with Gasteiger partial charge in [0.2, 0.25) is 5.75 Å². The number of anilines is 1. The third-order valence-corrected chi connectivity index (χ3v) is 5.78. The molecule has 0 aliphatic carbocycles. The van der Waals surface area contributed by atoms with Crippen molar-refractivity contribution >= 4 is 56.9 Å². The Morgan fingerprint density at radius 3 is 2.21 bits per heavy atom. The van der Waals surface area contributed by atoms with Gasteiger partial charge in [-0.1, -0.05) is 22.0 Å². The number of carbonyl (C=O) groups is 3. The number of non-ortho nitro benzene ring substituents is 1. The molecule has 0 unspecified atom stereocenters. The van der Waals surface area contributed by atoms with Crippen LogP contribution in [0.1, 0.15) is 5.56 Å². The second kappa shape index (κ2) is 10.5. The van der Waals surface area contributed by atoms with Crippen LogP contribution in [-0.2, 0) is 9.59 Å². The van der Waals surface area contributed by atoms with E-state index in [-0.39, 0.29) is 28.5 Å². The van der Waals surface area contributed by atoms with Gasteiger partial charge in [-0.25, -0.2) is 9.69 Å². The fraction of sp³-hybridized carbons (Fsp3) is 0.0417. The molecule has 1 N–H and O–H groups in total. The predicted octanol–water partition coefficient (Wildman–Crippen LogP) is 4.73. The van der Waals surface area contributed by atoms with Crippen molar-refractivity contribution in [2.75, 3.05) is 12.0 Å². The Hall–Kier alpha value is -5.11. The number of nitrogens with zero attached hydrogens (tertiary/aromatic N) is 3. The number of nitrogens with one attached hydrogen (secondary N) is 1. The second-order valence-corrected chi connectivity index (χ2v) is 8.53. The van der Waals surface area contributed by atoms with E-state index < -0.39 is 39.1 Å². The molecule has 0 aromatic heterocycles. The van der Waals surface area contributed by atoms with Crippen LogP contribution in [0.2, 0.25) is 0 Å². The molecule has 1 aliphatic heterocycles. The zero-order chi connectivity index (χ0) is 27.6. The number of barbiturate groups is 1. The molecule has 1 fully saturated rings. The lowest BCUT2D eigenvalue weighted by Crippen LogP contribution is -2.54. The first-order chi connectivity index (χ1) is 18.1. The number of hydrogen-bond donors (Lipinski definition) is 1. The number of hydrogen-bond acceptors (Lipinski definition) is 9. The van der Waals surface area contributed by atoms with Gasteiger partial charge in [-0.15, -0.1) is 0 Å². The number of urea groups is 1. The van der Waals surface area contributed by atoms with Crippen LogP contribution in [0, 0.1) is 20.2 Å². The SMILES string of the molecule is COc1cc(/C=C2\C(=O)NC(=O)N(c3ccc(Br)cc3)C2=O)ccc1Oc1ccc([N+](=O)[O-])cc1[N+](=O)[O-]. The van der Waals surface area contributed by atoms with Gasteiger partial charge in [0, 0.05) is 10.5 Å². The highest BCUT2D eigenvalue weighted by Crippen LogP contribution is 2.38. The Morgan fingerprint density at radius 1 is 0.895 bits per heavy atom. The number of nitro benzene ring substituents is 2. The molecule has 1 heterocycles. The van der Waals surface area contributed by atoms with Gasteiger partial charge >= 0.3 is 11.7 Å². The molecule has 0 saturated carbocycles. The minimum atomic E-state index is -0.898. The number of nitro groups is 2. The fourth-order valence-electron chi connectivity index (χ4n) is 3.47. The Morgan fingerprint density at radius 2 is 1.58 bits per heavy atom. The quantitative estimate of drug-likeness (QED) is 0.179. The molecule has 1 saturated heterocycles. The summed E-state index contributed by atoms with van der Waals surface area (Å²) in [5.74, 6) is -1.90. The molecular formula is C24H15BrN4O9. The van der Waals surface area contributed by atoms with E-state index in [4.69, 9.17) is 9.47 Å². The summed E-state index contributed by atoms with van der Waals surface area (Å²) < 4.78 is 11.6. The Labute approximate surface area is 221 Å². The highest BCUT2D eigenvalue weighted by Gasteiger charge is 2.36. The Kier molecular flexibility index (Phi) is 7.16. The van der Waals surface area contributed by atoms with Gasteiger partial charge in [0.05, 0.1) is 28.7 Å². The van der Waals surface area contributed by atoms with Crippen LogP contribution in [0.3, 0.4) is 0 Å². The molecule has 0 radical (unpaired) electrons. The number of ether oxygens (including phenoxy) is 2. The van der Waals surface area contributed by atoms with E-state index in [0.717, 1.165) is 27.6 Å². The van der Waals surface area contributed by atoms with Crippen molar-refractivity contribution in [1.29, 1.82) is 0 Å². The molecule has 0 atom stereocenters. The van der Waals surface area contributed by atoms with Crippen LogP contribution in [-0.4, -0.2) is 34.8 Å². The van der Waals surface area contributed by atoms with Crippen molar-refractivity contribution in [2.24, 2.45) is 0 Å². The van der Waals surface area contributed by atoms with Crippen molar-refractivity contribution in [1.82, 2.24) is 5.32 Å². The van der Waals surface area contributed by atoms with E-state index >= 15 is 0 Å². The number of benzene rings is 3. The molecule has 1 aliphatic rings. The minimum Gasteiger partial charge on any atom is -0.493 e. The molecule has 38 heavy (non-hydrogen) atoms. The maximum Gasteiger partial charge on any atom is 0.335 e. The van der Waals surface area contributed by atoms with Crippen LogP contribution >= 0.6 is 15.9 Å². The van der Waals surface area contributed by atoms with Crippen LogP contribution in [0.4, 0.5) is 21.9 Å². The summed E-state index contributed by atoms with van der Waals surface area (Å²) in [5, 5.41) is 24.5. The summed E-state index contributed by atoms with van der Waals surface area (Å²) in [7, 11) is 1.30. The zero-order valence-electron chi connectivity index (χ0n) is 19.2. The number of rotatable bonds is 7. The van der Waals surface area contributed by atoms with Gasteiger partial charge in [-0.05, 0) is 54.1 Å². The molecular weight excluding hydrogens is 568 g/mol. The van der Waals surface area contributed by atoms with E-state index in [0.29, 0.717) is 5.56 Å². The molecule has 0 spiro atoms. The van der Waals surface area contributed by atoms with Crippen LogP contribution in [0.25, 0.3) is 6.08 Å². The maximum absolute atomic E-state index is 13.1. The summed E-state index contributed by atoms with van der Waals surface area (Å²) >= 11 is 3.27. The van der Waals surface area contributed by atoms with Gasteiger partial charge in [0.1, 0.15) is 5.57 Å². The van der Waals surface area contributed by atoms with Crippen LogP contribution in [0.5, 0.6) is 17.2 Å². The van der Waals surface area contributed by atoms with E-state index in [1.54, 1.807) is 12.1 Å². The lowest BCUT2D eigenvalue weighted by atomic mass is 10.1. The van der Waals surface area contributed by atoms with Gasteiger partial charge in [-0.2, -0.15) is 0 Å². The first-order valence-electron chi connectivity index (χ1n) is 10.5. The van der Waals surface area contributed by atoms with Crippen molar-refractivity contribution in [3.05, 3.63) is 96.5 Å². The van der Waals surface area contributed by atoms with Crippen molar-refractivity contribution in [3.8, 4) is 17.2 Å². The van der Waals surface area contributed by atoms with Gasteiger partial charge < -0.3 is 9.47 Å². The number of carbonyl (C=O) groups excluding carboxylic acids is 3. The van der Waals surface area contributed by atoms with Gasteiger partial charge in [-0.3, -0.25) is 35.1 Å². The van der Waals surface area contributed by atoms with Crippen molar-refractivity contribution < 1.29 is 33.7 Å². The van der Waals surface area contributed by atoms with Gasteiger partial charge in [0.15, 0.2) is 11.5 Å². The third kappa shape index (κ3) is 5.19. The number of amides is 4. The van der Waals surface area contributed by atoms with Gasteiger partial charge in [0.25, 0.3) is 17.5 Å². The lowest BCUT2D eigenvalue weighted by Gasteiger charge is -2.26. The average Bonchev–Trinajstić information content (AvgIpc) is 2.88. The standard InChI is InChI=1S/C24H15BrN4O9/c1-37-21-11-13(2-8-20(21)38-19-9-7-16(28(33)34)12-18(19)29(35)36)10-17-22(30)26-24(32)27(23(17)31)15-5-3-14(25)4-6-15/h2-12H,1H3,(H,26,30,32)/b17-10+. The highest BCUT2D eigenvalue weighted by molar-refractivity contribution is 9.10. The van der Waals surface area contributed by atoms with Crippen LogP contribution < -0.4 is 19.7 Å². The molecule has 192 valence electrons. The van der Waals surface area contributed by atoms with E-state index in [1.807, 2.05) is 0 Å². The monoisotopic (exact) mass is 582 g/mol. The predicted molar refractivity (Wildman–Crippen MR) is 136 cm³/mol. The fourth-order valence-corrected chi connectivity index (χ4v) is 3.74. The van der Waals surface area contributed by atoms with Crippen LogP contribution in [0.15, 0.2) is 70.7 Å². The molecule has 3 aromatic rings. The molecule has 4 amide bonds. The maximum atomic E-state index is 13.1. The topological polar surface area (TPSA) is 171 Å². The van der Waals surface area contributed by atoms with E-state index in [9.17, 15) is 34.6 Å². The summed E-state index contributed by atoms with van der Waals surface area (Å²) in [6, 6.07) is 12.6. The van der Waals surface area contributed by atoms with E-state index in [2.05, 4.69) is 21.2 Å². The number of methoxy groups -OCH3 is 1. The zero-order valence-corrected chi connectivity index (χ0v) is 20.8. The molecule has 13 nitrogen and oxygen atoms in total.